The number of benzene rings is 3. The van der Waals surface area contributed by atoms with E-state index in [9.17, 15) is 22.4 Å². The van der Waals surface area contributed by atoms with Crippen molar-refractivity contribution in [2.24, 2.45) is 0 Å². The van der Waals surface area contributed by atoms with E-state index in [1.54, 1.807) is 30.3 Å². The van der Waals surface area contributed by atoms with E-state index >= 15 is 0 Å². The lowest BCUT2D eigenvalue weighted by atomic mass is 10.1. The molecule has 2 aliphatic rings. The van der Waals surface area contributed by atoms with Crippen LogP contribution >= 0.6 is 0 Å². The molecule has 2 heterocycles. The van der Waals surface area contributed by atoms with Crippen LogP contribution in [0.2, 0.25) is 0 Å². The van der Waals surface area contributed by atoms with Crippen molar-refractivity contribution in [1.82, 2.24) is 4.90 Å². The highest BCUT2D eigenvalue weighted by atomic mass is 32.2. The van der Waals surface area contributed by atoms with Gasteiger partial charge in [0.25, 0.3) is 21.8 Å². The smallest absolute Gasteiger partial charge is 0.261 e. The minimum absolute atomic E-state index is 0.0837. The first-order valence-electron chi connectivity index (χ1n) is 11.0. The number of carbonyl (C=O) groups excluding carboxylic acids is 2. The molecule has 1 saturated heterocycles. The molecule has 2 aliphatic heterocycles. The predicted molar refractivity (Wildman–Crippen MR) is 125 cm³/mol. The number of amides is 2. The summed E-state index contributed by atoms with van der Waals surface area (Å²) in [6, 6.07) is 15.3. The number of rotatable bonds is 7. The van der Waals surface area contributed by atoms with Crippen LogP contribution < -0.4 is 9.46 Å². The zero-order valence-electron chi connectivity index (χ0n) is 18.4. The maximum atomic E-state index is 13.1. The Bertz CT molecular complexity index is 1400. The van der Waals surface area contributed by atoms with Crippen molar-refractivity contribution in [2.45, 2.75) is 23.8 Å². The molecule has 8 nitrogen and oxygen atoms in total. The first-order valence-corrected chi connectivity index (χ1v) is 12.5. The minimum atomic E-state index is -3.93. The molecule has 1 fully saturated rings. The molecule has 0 bridgehead atoms. The number of nitrogens with one attached hydrogen (secondary N) is 1. The second-order valence-corrected chi connectivity index (χ2v) is 9.94. The number of hydrogen-bond acceptors (Lipinski definition) is 6. The van der Waals surface area contributed by atoms with E-state index in [-0.39, 0.29) is 34.7 Å². The SMILES string of the molecule is O=C1c2ccc(Oc3cccc(NS(=O)(=O)c4ccc(F)cc4)c3)cc2C(=O)N1CC1CCCO1. The maximum absolute atomic E-state index is 13.1. The Morgan fingerprint density at radius 1 is 0.971 bits per heavy atom. The van der Waals surface area contributed by atoms with Crippen LogP contribution in [0, 0.1) is 5.82 Å². The number of carbonyl (C=O) groups is 2. The van der Waals surface area contributed by atoms with Gasteiger partial charge in [0.05, 0.1) is 34.4 Å². The van der Waals surface area contributed by atoms with Gasteiger partial charge in [-0.2, -0.15) is 0 Å². The fourth-order valence-corrected chi connectivity index (χ4v) is 5.13. The summed E-state index contributed by atoms with van der Waals surface area (Å²) in [7, 11) is -3.93. The minimum Gasteiger partial charge on any atom is -0.457 e. The van der Waals surface area contributed by atoms with Crippen LogP contribution in [-0.2, 0) is 14.8 Å². The number of sulfonamides is 1. The lowest BCUT2D eigenvalue weighted by molar-refractivity contribution is 0.0475. The number of halogens is 1. The summed E-state index contributed by atoms with van der Waals surface area (Å²) in [4.78, 5) is 26.7. The number of nitrogens with zero attached hydrogens (tertiary/aromatic N) is 1. The van der Waals surface area contributed by atoms with E-state index in [2.05, 4.69) is 4.72 Å². The second kappa shape index (κ2) is 9.12. The van der Waals surface area contributed by atoms with Crippen molar-refractivity contribution in [3.05, 3.63) is 83.7 Å². The van der Waals surface area contributed by atoms with Gasteiger partial charge in [0, 0.05) is 12.7 Å². The number of anilines is 1. The quantitative estimate of drug-likeness (QED) is 0.492. The molecular weight excluding hydrogens is 475 g/mol. The maximum Gasteiger partial charge on any atom is 0.261 e. The molecule has 1 N–H and O–H groups in total. The molecule has 2 amide bonds. The van der Waals surface area contributed by atoms with E-state index in [0.29, 0.717) is 23.7 Å². The van der Waals surface area contributed by atoms with Gasteiger partial charge in [0.1, 0.15) is 17.3 Å². The molecule has 5 rings (SSSR count). The van der Waals surface area contributed by atoms with Gasteiger partial charge in [-0.15, -0.1) is 0 Å². The van der Waals surface area contributed by atoms with Crippen molar-refractivity contribution in [3.63, 3.8) is 0 Å². The van der Waals surface area contributed by atoms with Crippen LogP contribution in [0.25, 0.3) is 0 Å². The summed E-state index contributed by atoms with van der Waals surface area (Å²) < 4.78 is 52.1. The Balaban J connectivity index is 1.32. The van der Waals surface area contributed by atoms with Gasteiger partial charge in [-0.3, -0.25) is 19.2 Å². The molecule has 35 heavy (non-hydrogen) atoms. The van der Waals surface area contributed by atoms with Gasteiger partial charge in [-0.25, -0.2) is 12.8 Å². The molecule has 3 aromatic rings. The third-order valence-corrected chi connectivity index (χ3v) is 7.20. The first kappa shape index (κ1) is 23.0. The monoisotopic (exact) mass is 496 g/mol. The van der Waals surface area contributed by atoms with Crippen molar-refractivity contribution in [3.8, 4) is 11.5 Å². The molecule has 0 saturated carbocycles. The standard InChI is InChI=1S/C25H21FN2O6S/c26-16-6-9-21(10-7-16)35(31,32)27-17-3-1-4-18(13-17)34-19-8-11-22-23(14-19)25(30)28(24(22)29)15-20-5-2-12-33-20/h1,3-4,6-11,13-14,20,27H,2,5,12,15H2. The highest BCUT2D eigenvalue weighted by Crippen LogP contribution is 2.31. The van der Waals surface area contributed by atoms with Gasteiger partial charge in [0.15, 0.2) is 0 Å². The Hall–Kier alpha value is -3.76. The van der Waals surface area contributed by atoms with Crippen LogP contribution in [-0.4, -0.2) is 44.4 Å². The Morgan fingerprint density at radius 2 is 1.71 bits per heavy atom. The summed E-state index contributed by atoms with van der Waals surface area (Å²) in [6.45, 7) is 0.851. The second-order valence-electron chi connectivity index (χ2n) is 8.25. The van der Waals surface area contributed by atoms with Crippen LogP contribution in [0.3, 0.4) is 0 Å². The van der Waals surface area contributed by atoms with Gasteiger partial charge < -0.3 is 9.47 Å². The van der Waals surface area contributed by atoms with Crippen molar-refractivity contribution < 1.29 is 31.9 Å². The van der Waals surface area contributed by atoms with E-state index in [1.807, 2.05) is 0 Å². The molecule has 0 aliphatic carbocycles. The average Bonchev–Trinajstić information content (AvgIpc) is 3.42. The van der Waals surface area contributed by atoms with Crippen LogP contribution in [0.5, 0.6) is 11.5 Å². The predicted octanol–water partition coefficient (Wildman–Crippen LogP) is 4.19. The van der Waals surface area contributed by atoms with E-state index in [1.165, 1.54) is 29.2 Å². The number of hydrogen-bond donors (Lipinski definition) is 1. The molecule has 0 spiro atoms. The first-order chi connectivity index (χ1) is 16.8. The fraction of sp³-hybridized carbons (Fsp3) is 0.200. The lowest BCUT2D eigenvalue weighted by Crippen LogP contribution is -2.36. The topological polar surface area (TPSA) is 102 Å². The third-order valence-electron chi connectivity index (χ3n) is 5.80. The van der Waals surface area contributed by atoms with Crippen LogP contribution in [0.4, 0.5) is 10.1 Å². The fourth-order valence-electron chi connectivity index (χ4n) is 4.08. The molecule has 1 unspecified atom stereocenters. The highest BCUT2D eigenvalue weighted by molar-refractivity contribution is 7.92. The summed E-state index contributed by atoms with van der Waals surface area (Å²) in [5, 5.41) is 0. The number of fused-ring (bicyclic) bond motifs is 1. The van der Waals surface area contributed by atoms with Gasteiger partial charge in [-0.05, 0) is 67.4 Å². The molecular formula is C25H21FN2O6S. The van der Waals surface area contributed by atoms with Gasteiger partial charge in [0.2, 0.25) is 0 Å². The molecule has 180 valence electrons. The summed E-state index contributed by atoms with van der Waals surface area (Å²) in [6.07, 6.45) is 1.57. The van der Waals surface area contributed by atoms with Gasteiger partial charge >= 0.3 is 0 Å². The zero-order chi connectivity index (χ0) is 24.6. The van der Waals surface area contributed by atoms with Crippen molar-refractivity contribution in [1.29, 1.82) is 0 Å². The normalized spacial score (nSPS) is 17.5. The summed E-state index contributed by atoms with van der Waals surface area (Å²) in [5.74, 6) is -0.653. The van der Waals surface area contributed by atoms with E-state index in [4.69, 9.17) is 9.47 Å². The Morgan fingerprint density at radius 3 is 2.46 bits per heavy atom. The average molecular weight is 497 g/mol. The van der Waals surface area contributed by atoms with E-state index < -0.39 is 21.7 Å². The largest absolute Gasteiger partial charge is 0.457 e. The Kier molecular flexibility index (Phi) is 6.00. The molecule has 10 heteroatoms. The lowest BCUT2D eigenvalue weighted by Gasteiger charge is -2.17. The van der Waals surface area contributed by atoms with Crippen LogP contribution in [0.1, 0.15) is 33.6 Å². The summed E-state index contributed by atoms with van der Waals surface area (Å²) >= 11 is 0. The molecule has 0 aromatic heterocycles. The highest BCUT2D eigenvalue weighted by Gasteiger charge is 2.37. The third kappa shape index (κ3) is 4.75. The molecule has 0 radical (unpaired) electrons. The summed E-state index contributed by atoms with van der Waals surface area (Å²) in [5.41, 5.74) is 0.793. The Labute approximate surface area is 201 Å². The number of imide groups is 1. The van der Waals surface area contributed by atoms with E-state index in [0.717, 1.165) is 25.0 Å². The van der Waals surface area contributed by atoms with Crippen LogP contribution in [0.15, 0.2) is 71.6 Å². The molecule has 1 atom stereocenters. The van der Waals surface area contributed by atoms with Crippen molar-refractivity contribution in [2.75, 3.05) is 17.9 Å². The number of ether oxygens (including phenoxy) is 2. The zero-order valence-corrected chi connectivity index (χ0v) is 19.3. The van der Waals surface area contributed by atoms with Gasteiger partial charge in [-0.1, -0.05) is 6.07 Å². The van der Waals surface area contributed by atoms with Crippen molar-refractivity contribution >= 4 is 27.5 Å². The molecule has 3 aromatic carbocycles.